The number of nitrogens with one attached hydrogen (secondary N) is 2. The van der Waals surface area contributed by atoms with Gasteiger partial charge in [-0.2, -0.15) is 0 Å². The van der Waals surface area contributed by atoms with E-state index in [0.717, 1.165) is 31.7 Å². The summed E-state index contributed by atoms with van der Waals surface area (Å²) in [5.41, 5.74) is 0.539. The van der Waals surface area contributed by atoms with Gasteiger partial charge in [-0.05, 0) is 44.0 Å². The maximum absolute atomic E-state index is 13.9. The summed E-state index contributed by atoms with van der Waals surface area (Å²) in [5, 5.41) is 6.06. The van der Waals surface area contributed by atoms with Crippen molar-refractivity contribution in [3.63, 3.8) is 0 Å². The molecule has 1 aromatic rings. The molecule has 0 aliphatic carbocycles. The van der Waals surface area contributed by atoms with E-state index in [4.69, 9.17) is 0 Å². The molecule has 5 nitrogen and oxygen atoms in total. The van der Waals surface area contributed by atoms with Crippen LogP contribution in [0.4, 0.5) is 4.39 Å². The SMILES string of the molecule is CC(NC(=O)CC1CCCN1)c1ccc(S(C)(=O)=O)c(F)c1.Cl. The third-order valence-electron chi connectivity index (χ3n) is 3.83. The van der Waals surface area contributed by atoms with Crippen molar-refractivity contribution >= 4 is 28.2 Å². The van der Waals surface area contributed by atoms with Crippen LogP contribution in [0.3, 0.4) is 0 Å². The number of carbonyl (C=O) groups is 1. The molecule has 0 spiro atoms. The zero-order valence-corrected chi connectivity index (χ0v) is 14.8. The first kappa shape index (κ1) is 19.9. The van der Waals surface area contributed by atoms with Gasteiger partial charge >= 0.3 is 0 Å². The smallest absolute Gasteiger partial charge is 0.222 e. The van der Waals surface area contributed by atoms with Crippen LogP contribution in [-0.4, -0.2) is 33.2 Å². The van der Waals surface area contributed by atoms with E-state index in [9.17, 15) is 17.6 Å². The lowest BCUT2D eigenvalue weighted by Crippen LogP contribution is -2.33. The van der Waals surface area contributed by atoms with Gasteiger partial charge in [0.1, 0.15) is 10.7 Å². The molecule has 2 rings (SSSR count). The quantitative estimate of drug-likeness (QED) is 0.837. The topological polar surface area (TPSA) is 75.3 Å². The summed E-state index contributed by atoms with van der Waals surface area (Å²) in [4.78, 5) is 11.6. The molecule has 1 heterocycles. The molecule has 0 radical (unpaired) electrons. The highest BCUT2D eigenvalue weighted by molar-refractivity contribution is 7.90. The van der Waals surface area contributed by atoms with Crippen LogP contribution in [0.25, 0.3) is 0 Å². The Morgan fingerprint density at radius 2 is 2.17 bits per heavy atom. The van der Waals surface area contributed by atoms with Crippen LogP contribution in [0.1, 0.15) is 37.8 Å². The minimum atomic E-state index is -3.59. The Labute approximate surface area is 142 Å². The lowest BCUT2D eigenvalue weighted by atomic mass is 10.1. The summed E-state index contributed by atoms with van der Waals surface area (Å²) in [6.07, 6.45) is 3.42. The highest BCUT2D eigenvalue weighted by atomic mass is 35.5. The van der Waals surface area contributed by atoms with Gasteiger partial charge < -0.3 is 10.6 Å². The van der Waals surface area contributed by atoms with E-state index in [-0.39, 0.29) is 35.3 Å². The van der Waals surface area contributed by atoms with E-state index in [0.29, 0.717) is 12.0 Å². The van der Waals surface area contributed by atoms with Gasteiger partial charge in [0.2, 0.25) is 5.91 Å². The minimum Gasteiger partial charge on any atom is -0.350 e. The van der Waals surface area contributed by atoms with Crippen LogP contribution >= 0.6 is 12.4 Å². The van der Waals surface area contributed by atoms with Gasteiger partial charge in [0.25, 0.3) is 0 Å². The van der Waals surface area contributed by atoms with Crippen LogP contribution in [0.2, 0.25) is 0 Å². The van der Waals surface area contributed by atoms with E-state index in [2.05, 4.69) is 10.6 Å². The van der Waals surface area contributed by atoms with E-state index < -0.39 is 15.7 Å². The van der Waals surface area contributed by atoms with Crippen molar-refractivity contribution in [1.82, 2.24) is 10.6 Å². The molecule has 8 heteroatoms. The Morgan fingerprint density at radius 3 is 2.70 bits per heavy atom. The van der Waals surface area contributed by atoms with Gasteiger partial charge in [0.05, 0.1) is 6.04 Å². The van der Waals surface area contributed by atoms with Crippen molar-refractivity contribution in [2.45, 2.75) is 43.2 Å². The van der Waals surface area contributed by atoms with E-state index in [1.807, 2.05) is 0 Å². The van der Waals surface area contributed by atoms with Crippen molar-refractivity contribution in [1.29, 1.82) is 0 Å². The minimum absolute atomic E-state index is 0. The molecule has 0 saturated carbocycles. The number of carbonyl (C=O) groups excluding carboxylic acids is 1. The molecule has 2 unspecified atom stereocenters. The average Bonchev–Trinajstić information content (AvgIpc) is 2.89. The second-order valence-electron chi connectivity index (χ2n) is 5.75. The summed E-state index contributed by atoms with van der Waals surface area (Å²) >= 11 is 0. The van der Waals surface area contributed by atoms with Crippen LogP contribution in [0.15, 0.2) is 23.1 Å². The third-order valence-corrected chi connectivity index (χ3v) is 4.96. The van der Waals surface area contributed by atoms with E-state index in [1.54, 1.807) is 6.92 Å². The number of hydrogen-bond donors (Lipinski definition) is 2. The summed E-state index contributed by atoms with van der Waals surface area (Å²) in [6.45, 7) is 2.68. The lowest BCUT2D eigenvalue weighted by Gasteiger charge is -2.17. The predicted octanol–water partition coefficient (Wildman–Crippen LogP) is 1.97. The zero-order chi connectivity index (χ0) is 16.3. The second-order valence-corrected chi connectivity index (χ2v) is 7.73. The molecular formula is C15H22ClFN2O3S. The Hall–Kier alpha value is -1.18. The van der Waals surface area contributed by atoms with Crippen LogP contribution < -0.4 is 10.6 Å². The fourth-order valence-corrected chi connectivity index (χ4v) is 3.35. The predicted molar refractivity (Wildman–Crippen MR) is 89.0 cm³/mol. The van der Waals surface area contributed by atoms with Gasteiger partial charge in [0, 0.05) is 18.7 Å². The summed E-state index contributed by atoms with van der Waals surface area (Å²) in [6, 6.07) is 3.75. The first-order chi connectivity index (χ1) is 10.3. The molecule has 1 aromatic carbocycles. The Balaban J connectivity index is 0.00000264. The van der Waals surface area contributed by atoms with Crippen LogP contribution in [0, 0.1) is 5.82 Å². The van der Waals surface area contributed by atoms with E-state index >= 15 is 0 Å². The van der Waals surface area contributed by atoms with Gasteiger partial charge in [0.15, 0.2) is 9.84 Å². The number of amides is 1. The van der Waals surface area contributed by atoms with Crippen LogP contribution in [0.5, 0.6) is 0 Å². The van der Waals surface area contributed by atoms with Gasteiger partial charge in [-0.1, -0.05) is 6.07 Å². The van der Waals surface area contributed by atoms with Crippen molar-refractivity contribution in [3.05, 3.63) is 29.6 Å². The Bertz CT molecular complexity index is 661. The van der Waals surface area contributed by atoms with Crippen molar-refractivity contribution in [2.75, 3.05) is 12.8 Å². The summed E-state index contributed by atoms with van der Waals surface area (Å²) < 4.78 is 36.6. The highest BCUT2D eigenvalue weighted by Crippen LogP contribution is 2.20. The summed E-state index contributed by atoms with van der Waals surface area (Å²) in [7, 11) is -3.59. The highest BCUT2D eigenvalue weighted by Gasteiger charge is 2.20. The van der Waals surface area contributed by atoms with Gasteiger partial charge in [-0.25, -0.2) is 12.8 Å². The molecule has 23 heavy (non-hydrogen) atoms. The number of halogens is 2. The fourth-order valence-electron chi connectivity index (χ4n) is 2.63. The molecule has 1 saturated heterocycles. The Kier molecular flexibility index (Phi) is 6.98. The molecule has 1 aliphatic rings. The number of hydrogen-bond acceptors (Lipinski definition) is 4. The van der Waals surface area contributed by atoms with Crippen molar-refractivity contribution in [3.8, 4) is 0 Å². The average molecular weight is 365 g/mol. The summed E-state index contributed by atoms with van der Waals surface area (Å²) in [5.74, 6) is -0.891. The van der Waals surface area contributed by atoms with E-state index in [1.165, 1.54) is 12.1 Å². The maximum Gasteiger partial charge on any atom is 0.222 e. The van der Waals surface area contributed by atoms with Gasteiger partial charge in [-0.3, -0.25) is 4.79 Å². The largest absolute Gasteiger partial charge is 0.350 e. The molecule has 2 N–H and O–H groups in total. The molecule has 1 aliphatic heterocycles. The zero-order valence-electron chi connectivity index (χ0n) is 13.1. The standard InChI is InChI=1S/C15H21FN2O3S.ClH/c1-10(18-15(19)9-12-4-3-7-17-12)11-5-6-14(13(16)8-11)22(2,20)21;/h5-6,8,10,12,17H,3-4,7,9H2,1-2H3,(H,18,19);1H. The lowest BCUT2D eigenvalue weighted by molar-refractivity contribution is -0.122. The third kappa shape index (κ3) is 5.44. The molecule has 1 amide bonds. The fraction of sp³-hybridized carbons (Fsp3) is 0.533. The molecule has 0 bridgehead atoms. The molecule has 2 atom stereocenters. The number of benzene rings is 1. The number of rotatable bonds is 5. The first-order valence-electron chi connectivity index (χ1n) is 7.29. The van der Waals surface area contributed by atoms with Crippen LogP contribution in [-0.2, 0) is 14.6 Å². The second kappa shape index (κ2) is 8.08. The molecule has 1 fully saturated rings. The monoisotopic (exact) mass is 364 g/mol. The Morgan fingerprint density at radius 1 is 1.48 bits per heavy atom. The number of sulfone groups is 1. The molecular weight excluding hydrogens is 343 g/mol. The maximum atomic E-state index is 13.9. The normalized spacial score (nSPS) is 19.0. The van der Waals surface area contributed by atoms with Crippen molar-refractivity contribution in [2.24, 2.45) is 0 Å². The van der Waals surface area contributed by atoms with Crippen molar-refractivity contribution < 1.29 is 17.6 Å². The molecule has 0 aromatic heterocycles. The molecule has 130 valence electrons. The van der Waals surface area contributed by atoms with Gasteiger partial charge in [-0.15, -0.1) is 12.4 Å². The first-order valence-corrected chi connectivity index (χ1v) is 9.19.